The van der Waals surface area contributed by atoms with Gasteiger partial charge in [-0.25, -0.2) is 0 Å². The van der Waals surface area contributed by atoms with Gasteiger partial charge >= 0.3 is 5.97 Å². The third-order valence-electron chi connectivity index (χ3n) is 9.29. The second kappa shape index (κ2) is 16.8. The molecule has 3 atom stereocenters. The summed E-state index contributed by atoms with van der Waals surface area (Å²) in [6, 6.07) is 34.8. The van der Waals surface area contributed by atoms with E-state index in [1.807, 2.05) is 48.5 Å². The van der Waals surface area contributed by atoms with E-state index in [0.717, 1.165) is 79.1 Å². The number of hydrogen-bond donors (Lipinski definition) is 3. The molecule has 2 saturated heterocycles. The Hall–Kier alpha value is -4.38. The highest BCUT2D eigenvalue weighted by atomic mass is 16.7. The van der Waals surface area contributed by atoms with Crippen LogP contribution in [-0.4, -0.2) is 70.7 Å². The van der Waals surface area contributed by atoms with Gasteiger partial charge in [0.1, 0.15) is 0 Å². The van der Waals surface area contributed by atoms with E-state index >= 15 is 0 Å². The number of aliphatic hydroxyl groups is 1. The van der Waals surface area contributed by atoms with Crippen LogP contribution in [0.4, 0.5) is 0 Å². The first kappa shape index (κ1) is 34.5. The lowest BCUT2D eigenvalue weighted by atomic mass is 9.98. The normalized spacial score (nSPS) is 20.1. The van der Waals surface area contributed by atoms with Crippen LogP contribution in [0.5, 0.6) is 0 Å². The fraction of sp³-hybridized carbons (Fsp3) is 0.350. The third kappa shape index (κ3) is 9.84. The Labute approximate surface area is 288 Å². The zero-order chi connectivity index (χ0) is 34.0. The number of carbonyl (C=O) groups excluding carboxylic acids is 1. The Morgan fingerprint density at radius 2 is 1.41 bits per heavy atom. The van der Waals surface area contributed by atoms with Crippen molar-refractivity contribution in [2.45, 2.75) is 57.5 Å². The van der Waals surface area contributed by atoms with Crippen LogP contribution in [0.1, 0.15) is 59.5 Å². The molecule has 3 N–H and O–H groups in total. The summed E-state index contributed by atoms with van der Waals surface area (Å²) in [7, 11) is 0. The highest BCUT2D eigenvalue weighted by Gasteiger charge is 2.33. The fourth-order valence-corrected chi connectivity index (χ4v) is 6.50. The highest BCUT2D eigenvalue weighted by Crippen LogP contribution is 2.38. The number of piperazine rings is 1. The predicted molar refractivity (Wildman–Crippen MR) is 187 cm³/mol. The van der Waals surface area contributed by atoms with Crippen molar-refractivity contribution >= 4 is 11.9 Å². The van der Waals surface area contributed by atoms with Crippen LogP contribution in [-0.2, 0) is 38.8 Å². The molecule has 2 fully saturated rings. The van der Waals surface area contributed by atoms with E-state index in [-0.39, 0.29) is 37.6 Å². The number of ether oxygens (including phenoxy) is 2. The van der Waals surface area contributed by atoms with Gasteiger partial charge in [0.05, 0.1) is 25.2 Å². The molecule has 6 rings (SSSR count). The molecule has 1 amide bonds. The quantitative estimate of drug-likeness (QED) is 0.167. The molecule has 0 spiro atoms. The number of benzene rings is 4. The Morgan fingerprint density at radius 1 is 0.714 bits per heavy atom. The number of rotatable bonds is 13. The van der Waals surface area contributed by atoms with Gasteiger partial charge in [0.2, 0.25) is 5.91 Å². The predicted octanol–water partition coefficient (Wildman–Crippen LogP) is 5.69. The summed E-state index contributed by atoms with van der Waals surface area (Å²) >= 11 is 0. The molecule has 0 aromatic heterocycles. The maximum atomic E-state index is 12.0. The lowest BCUT2D eigenvalue weighted by molar-refractivity contribution is -0.253. The summed E-state index contributed by atoms with van der Waals surface area (Å²) in [4.78, 5) is 27.8. The maximum absolute atomic E-state index is 12.0. The van der Waals surface area contributed by atoms with Crippen LogP contribution in [0.25, 0.3) is 11.1 Å². The van der Waals surface area contributed by atoms with E-state index in [2.05, 4.69) is 69.7 Å². The Morgan fingerprint density at radius 3 is 2.12 bits per heavy atom. The van der Waals surface area contributed by atoms with Gasteiger partial charge < -0.3 is 25.0 Å². The lowest BCUT2D eigenvalue weighted by Gasteiger charge is -2.40. The second-order valence-electron chi connectivity index (χ2n) is 12.9. The van der Waals surface area contributed by atoms with Gasteiger partial charge in [0, 0.05) is 64.2 Å². The summed E-state index contributed by atoms with van der Waals surface area (Å²) < 4.78 is 13.3. The minimum atomic E-state index is -0.986. The molecule has 9 nitrogen and oxygen atoms in total. The minimum Gasteiger partial charge on any atom is -0.481 e. The van der Waals surface area contributed by atoms with Crippen molar-refractivity contribution in [2.75, 3.05) is 32.7 Å². The standard InChI is InChI=1S/C40H45N3O6/c44-28-30-9-11-33(12-10-30)37-24-36(27-43-21-19-42(20-22-43)26-29-5-2-1-3-6-29)48-40(49-37)34-15-13-32(14-16-34)35-8-4-7-31(23-35)25-41-38(45)17-18-39(46)47/h1-16,23,36-37,40,44H,17-22,24-28H2,(H,41,45)(H,46,47). The van der Waals surface area contributed by atoms with Crippen LogP contribution < -0.4 is 5.32 Å². The van der Waals surface area contributed by atoms with Crippen molar-refractivity contribution in [2.24, 2.45) is 0 Å². The molecule has 4 aromatic carbocycles. The van der Waals surface area contributed by atoms with Gasteiger partial charge in [0.25, 0.3) is 0 Å². The smallest absolute Gasteiger partial charge is 0.303 e. The van der Waals surface area contributed by atoms with Gasteiger partial charge in [-0.3, -0.25) is 19.4 Å². The molecule has 3 unspecified atom stereocenters. The lowest BCUT2D eigenvalue weighted by Crippen LogP contribution is -2.49. The summed E-state index contributed by atoms with van der Waals surface area (Å²) in [5.41, 5.74) is 7.21. The van der Waals surface area contributed by atoms with Crippen molar-refractivity contribution in [3.8, 4) is 11.1 Å². The van der Waals surface area contributed by atoms with E-state index in [4.69, 9.17) is 14.6 Å². The average Bonchev–Trinajstić information content (AvgIpc) is 3.14. The molecule has 2 heterocycles. The SMILES string of the molecule is O=C(O)CCC(=O)NCc1cccc(-c2ccc(C3OC(CN4CCN(Cc5ccccc5)CC4)CC(c4ccc(CO)cc4)O3)cc2)c1. The van der Waals surface area contributed by atoms with Gasteiger partial charge in [-0.05, 0) is 39.4 Å². The zero-order valence-electron chi connectivity index (χ0n) is 27.7. The van der Waals surface area contributed by atoms with Crippen LogP contribution in [0.3, 0.4) is 0 Å². The number of amides is 1. The zero-order valence-corrected chi connectivity index (χ0v) is 27.7. The fourth-order valence-electron chi connectivity index (χ4n) is 6.50. The highest BCUT2D eigenvalue weighted by molar-refractivity contribution is 5.80. The minimum absolute atomic E-state index is 0.00704. The van der Waals surface area contributed by atoms with E-state index < -0.39 is 12.3 Å². The topological polar surface area (TPSA) is 112 Å². The van der Waals surface area contributed by atoms with E-state index in [1.165, 1.54) is 5.56 Å². The van der Waals surface area contributed by atoms with Crippen molar-refractivity contribution in [3.05, 3.63) is 131 Å². The number of hydrogen-bond acceptors (Lipinski definition) is 7. The molecular formula is C40H45N3O6. The van der Waals surface area contributed by atoms with Crippen molar-refractivity contribution < 1.29 is 29.3 Å². The van der Waals surface area contributed by atoms with Gasteiger partial charge in [-0.2, -0.15) is 0 Å². The Bertz CT molecular complexity index is 1660. The van der Waals surface area contributed by atoms with Gasteiger partial charge in [-0.15, -0.1) is 0 Å². The van der Waals surface area contributed by atoms with Crippen molar-refractivity contribution in [3.63, 3.8) is 0 Å². The molecular weight excluding hydrogens is 618 g/mol. The van der Waals surface area contributed by atoms with E-state index in [9.17, 15) is 14.7 Å². The summed E-state index contributed by atoms with van der Waals surface area (Å²) in [5, 5.41) is 21.2. The molecule has 0 saturated carbocycles. The molecule has 0 bridgehead atoms. The average molecular weight is 664 g/mol. The van der Waals surface area contributed by atoms with Gasteiger partial charge in [-0.1, -0.05) is 97.1 Å². The Kier molecular flexibility index (Phi) is 11.8. The Balaban J connectivity index is 1.11. The summed E-state index contributed by atoms with van der Waals surface area (Å²) in [5.74, 6) is -1.27. The first-order valence-corrected chi connectivity index (χ1v) is 17.1. The molecule has 49 heavy (non-hydrogen) atoms. The van der Waals surface area contributed by atoms with Crippen LogP contribution >= 0.6 is 0 Å². The number of carboxylic acids is 1. The molecule has 4 aromatic rings. The van der Waals surface area contributed by atoms with Crippen molar-refractivity contribution in [1.29, 1.82) is 0 Å². The summed E-state index contributed by atoms with van der Waals surface area (Å²) in [6.07, 6.45) is -0.153. The summed E-state index contributed by atoms with van der Waals surface area (Å²) in [6.45, 7) is 6.18. The number of aliphatic carboxylic acids is 1. The first-order valence-electron chi connectivity index (χ1n) is 17.1. The number of carboxylic acid groups (broad SMARTS) is 1. The first-order chi connectivity index (χ1) is 23.9. The number of nitrogens with zero attached hydrogens (tertiary/aromatic N) is 2. The maximum Gasteiger partial charge on any atom is 0.303 e. The monoisotopic (exact) mass is 663 g/mol. The van der Waals surface area contributed by atoms with Crippen LogP contribution in [0, 0.1) is 0 Å². The second-order valence-corrected chi connectivity index (χ2v) is 12.9. The van der Waals surface area contributed by atoms with Crippen LogP contribution in [0.15, 0.2) is 103 Å². The molecule has 9 heteroatoms. The van der Waals surface area contributed by atoms with E-state index in [1.54, 1.807) is 0 Å². The largest absolute Gasteiger partial charge is 0.481 e. The molecule has 256 valence electrons. The van der Waals surface area contributed by atoms with Crippen LogP contribution in [0.2, 0.25) is 0 Å². The van der Waals surface area contributed by atoms with E-state index in [0.29, 0.717) is 6.54 Å². The number of carbonyl (C=O) groups is 2. The molecule has 0 aliphatic carbocycles. The third-order valence-corrected chi connectivity index (χ3v) is 9.29. The molecule has 0 radical (unpaired) electrons. The molecule has 2 aliphatic heterocycles. The number of nitrogens with one attached hydrogen (secondary N) is 1. The van der Waals surface area contributed by atoms with Crippen molar-refractivity contribution in [1.82, 2.24) is 15.1 Å². The van der Waals surface area contributed by atoms with Gasteiger partial charge in [0.15, 0.2) is 6.29 Å². The number of aliphatic hydroxyl groups excluding tert-OH is 1. The molecule has 2 aliphatic rings.